The van der Waals surface area contributed by atoms with Gasteiger partial charge in [0.15, 0.2) is 0 Å². The van der Waals surface area contributed by atoms with Crippen molar-refractivity contribution in [2.45, 2.75) is 44.7 Å². The van der Waals surface area contributed by atoms with Crippen molar-refractivity contribution in [2.75, 3.05) is 0 Å². The van der Waals surface area contributed by atoms with E-state index in [1.54, 1.807) is 18.2 Å². The van der Waals surface area contributed by atoms with Crippen molar-refractivity contribution in [2.24, 2.45) is 11.8 Å². The number of urea groups is 1. The van der Waals surface area contributed by atoms with Crippen LogP contribution in [0.3, 0.4) is 0 Å². The third-order valence-electron chi connectivity index (χ3n) is 4.60. The van der Waals surface area contributed by atoms with E-state index in [0.29, 0.717) is 28.5 Å². The highest BCUT2D eigenvalue weighted by molar-refractivity contribution is 6.32. The fourth-order valence-corrected chi connectivity index (χ4v) is 3.15. The van der Waals surface area contributed by atoms with Crippen LogP contribution >= 0.6 is 11.6 Å². The van der Waals surface area contributed by atoms with Crippen LogP contribution in [0.2, 0.25) is 5.02 Å². The molecule has 1 atom stereocenters. The Balaban J connectivity index is 1.52. The van der Waals surface area contributed by atoms with Crippen LogP contribution in [-0.2, 0) is 6.54 Å². The Morgan fingerprint density at radius 1 is 1.29 bits per heavy atom. The van der Waals surface area contributed by atoms with Gasteiger partial charge in [-0.3, -0.25) is 0 Å². The van der Waals surface area contributed by atoms with Gasteiger partial charge in [0, 0.05) is 18.2 Å². The van der Waals surface area contributed by atoms with Crippen molar-refractivity contribution in [1.82, 2.24) is 10.6 Å². The number of phenols is 1. The van der Waals surface area contributed by atoms with E-state index >= 15 is 0 Å². The Morgan fingerprint density at radius 3 is 2.62 bits per heavy atom. The summed E-state index contributed by atoms with van der Waals surface area (Å²) in [6.45, 7) is 0.278. The molecule has 1 aromatic rings. The molecule has 5 heteroatoms. The van der Waals surface area contributed by atoms with E-state index in [2.05, 4.69) is 10.6 Å². The Kier molecular flexibility index (Phi) is 4.24. The molecule has 2 aliphatic rings. The molecule has 1 aromatic carbocycles. The van der Waals surface area contributed by atoms with Gasteiger partial charge in [-0.1, -0.05) is 30.2 Å². The molecular weight excluding hydrogens is 288 g/mol. The van der Waals surface area contributed by atoms with Crippen LogP contribution in [0.4, 0.5) is 4.79 Å². The standard InChI is InChI=1S/C16H21ClN2O2/c17-13-6-2-5-12(15(13)20)9-18-16(21)19-14(11-7-8-11)10-3-1-4-10/h2,5-6,10-11,14,20H,1,3-4,7-9H2,(H2,18,19,21)/t14-/m1/s1. The van der Waals surface area contributed by atoms with Gasteiger partial charge in [-0.15, -0.1) is 0 Å². The molecule has 0 radical (unpaired) electrons. The monoisotopic (exact) mass is 308 g/mol. The number of halogens is 1. The zero-order chi connectivity index (χ0) is 14.8. The molecule has 114 valence electrons. The first kappa shape index (κ1) is 14.5. The van der Waals surface area contributed by atoms with Gasteiger partial charge in [0.1, 0.15) is 5.75 Å². The van der Waals surface area contributed by atoms with E-state index in [-0.39, 0.29) is 18.3 Å². The van der Waals surface area contributed by atoms with Gasteiger partial charge in [0.05, 0.1) is 5.02 Å². The van der Waals surface area contributed by atoms with Crippen LogP contribution in [0.1, 0.15) is 37.7 Å². The molecule has 2 saturated carbocycles. The minimum atomic E-state index is -0.154. The second kappa shape index (κ2) is 6.14. The number of para-hydroxylation sites is 1. The van der Waals surface area contributed by atoms with Crippen LogP contribution in [0.5, 0.6) is 5.75 Å². The molecule has 0 spiro atoms. The summed E-state index contributed by atoms with van der Waals surface area (Å²) in [6.07, 6.45) is 6.22. The maximum absolute atomic E-state index is 12.1. The van der Waals surface area contributed by atoms with E-state index in [9.17, 15) is 9.90 Å². The van der Waals surface area contributed by atoms with Gasteiger partial charge in [-0.05, 0) is 43.6 Å². The molecule has 3 rings (SSSR count). The van der Waals surface area contributed by atoms with Crippen molar-refractivity contribution in [3.05, 3.63) is 28.8 Å². The third kappa shape index (κ3) is 3.43. The number of rotatable bonds is 5. The van der Waals surface area contributed by atoms with Gasteiger partial charge in [0.25, 0.3) is 0 Å². The molecule has 0 bridgehead atoms. The second-order valence-electron chi connectivity index (χ2n) is 6.13. The lowest BCUT2D eigenvalue weighted by Gasteiger charge is -2.34. The van der Waals surface area contributed by atoms with Crippen LogP contribution in [0.15, 0.2) is 18.2 Å². The topological polar surface area (TPSA) is 61.4 Å². The summed E-state index contributed by atoms with van der Waals surface area (Å²) in [5.41, 5.74) is 0.629. The summed E-state index contributed by atoms with van der Waals surface area (Å²) < 4.78 is 0. The number of amides is 2. The number of hydrogen-bond acceptors (Lipinski definition) is 2. The number of hydrogen-bond donors (Lipinski definition) is 3. The van der Waals surface area contributed by atoms with Crippen LogP contribution in [0.25, 0.3) is 0 Å². The van der Waals surface area contributed by atoms with Gasteiger partial charge in [-0.2, -0.15) is 0 Å². The van der Waals surface area contributed by atoms with E-state index in [1.807, 2.05) is 0 Å². The molecule has 0 unspecified atom stereocenters. The quantitative estimate of drug-likeness (QED) is 0.780. The lowest BCUT2D eigenvalue weighted by Crippen LogP contribution is -2.48. The Labute approximate surface area is 129 Å². The molecular formula is C16H21ClN2O2. The molecule has 0 aromatic heterocycles. The summed E-state index contributed by atoms with van der Waals surface area (Å²) in [5.74, 6) is 1.36. The lowest BCUT2D eigenvalue weighted by molar-refractivity contribution is 0.196. The van der Waals surface area contributed by atoms with Crippen LogP contribution in [-0.4, -0.2) is 17.2 Å². The van der Waals surface area contributed by atoms with E-state index < -0.39 is 0 Å². The first-order valence-electron chi connectivity index (χ1n) is 7.66. The van der Waals surface area contributed by atoms with Crippen molar-refractivity contribution in [3.63, 3.8) is 0 Å². The number of carbonyl (C=O) groups is 1. The van der Waals surface area contributed by atoms with Gasteiger partial charge >= 0.3 is 6.03 Å². The predicted molar refractivity (Wildman–Crippen MR) is 82.3 cm³/mol. The fourth-order valence-electron chi connectivity index (χ4n) is 2.96. The summed E-state index contributed by atoms with van der Waals surface area (Å²) in [4.78, 5) is 12.1. The SMILES string of the molecule is O=C(NCc1cccc(Cl)c1O)N[C@H](C1CCC1)C1CC1. The zero-order valence-corrected chi connectivity index (χ0v) is 12.7. The van der Waals surface area contributed by atoms with Crippen molar-refractivity contribution in [3.8, 4) is 5.75 Å². The Bertz CT molecular complexity index is 527. The highest BCUT2D eigenvalue weighted by Crippen LogP contribution is 2.42. The van der Waals surface area contributed by atoms with Crippen molar-refractivity contribution in [1.29, 1.82) is 0 Å². The molecule has 2 aliphatic carbocycles. The number of phenolic OH excluding ortho intramolecular Hbond substituents is 1. The number of aromatic hydroxyl groups is 1. The highest BCUT2D eigenvalue weighted by Gasteiger charge is 2.39. The number of nitrogens with one attached hydrogen (secondary N) is 2. The van der Waals surface area contributed by atoms with E-state index in [0.717, 1.165) is 0 Å². The van der Waals surface area contributed by atoms with Crippen LogP contribution < -0.4 is 10.6 Å². The predicted octanol–water partition coefficient (Wildman–Crippen LogP) is 3.42. The number of benzene rings is 1. The van der Waals surface area contributed by atoms with Crippen molar-refractivity contribution >= 4 is 17.6 Å². The maximum Gasteiger partial charge on any atom is 0.315 e. The van der Waals surface area contributed by atoms with Gasteiger partial charge in [0.2, 0.25) is 0 Å². The minimum absolute atomic E-state index is 0.0391. The normalized spacial score (nSPS) is 19.7. The van der Waals surface area contributed by atoms with E-state index in [1.165, 1.54) is 32.1 Å². The van der Waals surface area contributed by atoms with Gasteiger partial charge in [-0.25, -0.2) is 4.79 Å². The molecule has 3 N–H and O–H groups in total. The molecule has 21 heavy (non-hydrogen) atoms. The average Bonchev–Trinajstić information content (AvgIpc) is 3.22. The first-order chi connectivity index (χ1) is 10.1. The zero-order valence-electron chi connectivity index (χ0n) is 11.9. The first-order valence-corrected chi connectivity index (χ1v) is 8.03. The van der Waals surface area contributed by atoms with E-state index in [4.69, 9.17) is 11.6 Å². The molecule has 0 saturated heterocycles. The summed E-state index contributed by atoms with van der Waals surface area (Å²) in [5, 5.41) is 16.1. The lowest BCUT2D eigenvalue weighted by atomic mass is 9.78. The Hall–Kier alpha value is -1.42. The van der Waals surface area contributed by atoms with Gasteiger partial charge < -0.3 is 15.7 Å². The summed E-state index contributed by atoms with van der Waals surface area (Å²) >= 11 is 5.85. The third-order valence-corrected chi connectivity index (χ3v) is 4.90. The van der Waals surface area contributed by atoms with Crippen molar-refractivity contribution < 1.29 is 9.90 Å². The largest absolute Gasteiger partial charge is 0.506 e. The molecule has 2 fully saturated rings. The molecule has 2 amide bonds. The fraction of sp³-hybridized carbons (Fsp3) is 0.562. The number of carbonyl (C=O) groups excluding carboxylic acids is 1. The average molecular weight is 309 g/mol. The molecule has 0 aliphatic heterocycles. The smallest absolute Gasteiger partial charge is 0.315 e. The second-order valence-corrected chi connectivity index (χ2v) is 6.54. The maximum atomic E-state index is 12.1. The summed E-state index contributed by atoms with van der Waals surface area (Å²) in [6, 6.07) is 5.31. The molecule has 4 nitrogen and oxygen atoms in total. The Morgan fingerprint density at radius 2 is 2.00 bits per heavy atom. The highest BCUT2D eigenvalue weighted by atomic mass is 35.5. The summed E-state index contributed by atoms with van der Waals surface area (Å²) in [7, 11) is 0. The minimum Gasteiger partial charge on any atom is -0.506 e. The van der Waals surface area contributed by atoms with Crippen LogP contribution in [0, 0.1) is 11.8 Å². The molecule has 0 heterocycles.